The minimum Gasteiger partial charge on any atom is -0.197 e. The Kier molecular flexibility index (Phi) is 3.77. The van der Waals surface area contributed by atoms with Crippen LogP contribution in [0.4, 0.5) is 0 Å². The molecule has 0 radical (unpaired) electrons. The van der Waals surface area contributed by atoms with Crippen molar-refractivity contribution < 1.29 is 0 Å². The molecule has 0 aliphatic rings. The van der Waals surface area contributed by atoms with E-state index in [9.17, 15) is 0 Å². The van der Waals surface area contributed by atoms with Crippen molar-refractivity contribution in [3.63, 3.8) is 0 Å². The molecule has 0 saturated carbocycles. The van der Waals surface area contributed by atoms with Crippen LogP contribution in [0.15, 0.2) is 22.7 Å². The smallest absolute Gasteiger partial charge is 0.124 e. The maximum Gasteiger partial charge on any atom is 0.124 e. The van der Waals surface area contributed by atoms with Crippen molar-refractivity contribution in [3.8, 4) is 6.07 Å². The molecule has 0 aliphatic heterocycles. The Morgan fingerprint density at radius 3 is 2.85 bits per heavy atom. The van der Waals surface area contributed by atoms with Crippen LogP contribution in [0.3, 0.4) is 0 Å². The number of hydrogen-bond acceptors (Lipinski definition) is 1. The van der Waals surface area contributed by atoms with Crippen molar-refractivity contribution in [2.45, 2.75) is 18.7 Å². The maximum atomic E-state index is 8.53. The van der Waals surface area contributed by atoms with Crippen molar-refractivity contribution in [2.24, 2.45) is 0 Å². The summed E-state index contributed by atoms with van der Waals surface area (Å²) >= 11 is 9.13. The predicted molar refractivity (Wildman–Crippen MR) is 57.8 cm³/mol. The molecule has 0 N–H and O–H groups in total. The van der Waals surface area contributed by atoms with E-state index in [4.69, 9.17) is 16.9 Å². The lowest BCUT2D eigenvalue weighted by Gasteiger charge is -2.03. The van der Waals surface area contributed by atoms with Crippen molar-refractivity contribution >= 4 is 27.5 Å². The highest BCUT2D eigenvalue weighted by Gasteiger charge is 2.04. The minimum absolute atomic E-state index is 0.430. The third-order valence-corrected chi connectivity index (χ3v) is 2.92. The topological polar surface area (TPSA) is 23.8 Å². The van der Waals surface area contributed by atoms with Gasteiger partial charge in [-0.1, -0.05) is 28.1 Å². The highest BCUT2D eigenvalue weighted by Crippen LogP contribution is 2.18. The number of nitrogens with zero attached hydrogens (tertiary/aromatic N) is 1. The monoisotopic (exact) mass is 257 g/mol. The van der Waals surface area contributed by atoms with Gasteiger partial charge < -0.3 is 0 Å². The summed E-state index contributed by atoms with van der Waals surface area (Å²) in [6.07, 6.45) is 0.603. The van der Waals surface area contributed by atoms with Gasteiger partial charge in [0.25, 0.3) is 0 Å². The maximum absolute atomic E-state index is 8.53. The SMILES string of the molecule is Cc1cc(CC(Cl)C#N)ccc1Br. The van der Waals surface area contributed by atoms with Crippen molar-refractivity contribution in [1.29, 1.82) is 5.26 Å². The third-order valence-electron chi connectivity index (χ3n) is 1.78. The summed E-state index contributed by atoms with van der Waals surface area (Å²) in [6, 6.07) is 7.99. The van der Waals surface area contributed by atoms with E-state index in [1.54, 1.807) is 0 Å². The summed E-state index contributed by atoms with van der Waals surface area (Å²) in [7, 11) is 0. The Labute approximate surface area is 91.5 Å². The fraction of sp³-hybridized carbons (Fsp3) is 0.300. The van der Waals surface area contributed by atoms with Crippen molar-refractivity contribution in [1.82, 2.24) is 0 Å². The second-order valence-electron chi connectivity index (χ2n) is 2.88. The molecule has 0 bridgehead atoms. The second-order valence-corrected chi connectivity index (χ2v) is 4.27. The zero-order valence-electron chi connectivity index (χ0n) is 7.22. The Hall–Kier alpha value is -0.520. The number of rotatable bonds is 2. The second kappa shape index (κ2) is 4.64. The summed E-state index contributed by atoms with van der Waals surface area (Å²) in [5.41, 5.74) is 2.27. The molecule has 1 rings (SSSR count). The summed E-state index contributed by atoms with van der Waals surface area (Å²) < 4.78 is 1.08. The summed E-state index contributed by atoms with van der Waals surface area (Å²) in [5.74, 6) is 0. The van der Waals surface area contributed by atoms with Gasteiger partial charge in [-0.2, -0.15) is 5.26 Å². The zero-order chi connectivity index (χ0) is 9.84. The van der Waals surface area contributed by atoms with E-state index in [1.165, 1.54) is 5.56 Å². The molecule has 0 heterocycles. The van der Waals surface area contributed by atoms with Gasteiger partial charge in [0.2, 0.25) is 0 Å². The quantitative estimate of drug-likeness (QED) is 0.746. The number of aryl methyl sites for hydroxylation is 1. The lowest BCUT2D eigenvalue weighted by molar-refractivity contribution is 1.01. The van der Waals surface area contributed by atoms with Crippen LogP contribution in [-0.4, -0.2) is 5.38 Å². The van der Waals surface area contributed by atoms with E-state index in [-0.39, 0.29) is 0 Å². The Morgan fingerprint density at radius 2 is 2.31 bits per heavy atom. The van der Waals surface area contributed by atoms with Gasteiger partial charge in [-0.15, -0.1) is 11.6 Å². The molecule has 68 valence electrons. The molecular formula is C10H9BrClN. The van der Waals surface area contributed by atoms with Crippen molar-refractivity contribution in [3.05, 3.63) is 33.8 Å². The first-order valence-corrected chi connectivity index (χ1v) is 5.15. The summed E-state index contributed by atoms with van der Waals surface area (Å²) in [6.45, 7) is 2.02. The van der Waals surface area contributed by atoms with Crippen LogP contribution < -0.4 is 0 Å². The third kappa shape index (κ3) is 3.02. The van der Waals surface area contributed by atoms with Gasteiger partial charge in [-0.05, 0) is 24.1 Å². The first-order chi connectivity index (χ1) is 6.13. The number of alkyl halides is 1. The molecule has 0 aliphatic carbocycles. The van der Waals surface area contributed by atoms with Crippen LogP contribution >= 0.6 is 27.5 Å². The van der Waals surface area contributed by atoms with Gasteiger partial charge in [-0.3, -0.25) is 0 Å². The standard InChI is InChI=1S/C10H9BrClN/c1-7-4-8(2-3-10(7)11)5-9(12)6-13/h2-4,9H,5H2,1H3. The van der Waals surface area contributed by atoms with E-state index in [1.807, 2.05) is 31.2 Å². The number of halogens is 2. The normalized spacial score (nSPS) is 12.2. The van der Waals surface area contributed by atoms with Crippen LogP contribution in [0.5, 0.6) is 0 Å². The molecular weight excluding hydrogens is 249 g/mol. The molecule has 0 spiro atoms. The van der Waals surface area contributed by atoms with Crippen LogP contribution in [0.1, 0.15) is 11.1 Å². The molecule has 3 heteroatoms. The molecule has 0 aromatic heterocycles. The van der Waals surface area contributed by atoms with Crippen molar-refractivity contribution in [2.75, 3.05) is 0 Å². The summed E-state index contributed by atoms with van der Waals surface area (Å²) in [4.78, 5) is 0. The molecule has 1 nitrogen and oxygen atoms in total. The van der Waals surface area contributed by atoms with E-state index in [0.717, 1.165) is 10.0 Å². The Balaban J connectivity index is 2.81. The van der Waals surface area contributed by atoms with Gasteiger partial charge in [0.15, 0.2) is 0 Å². The highest BCUT2D eigenvalue weighted by molar-refractivity contribution is 9.10. The average Bonchev–Trinajstić information content (AvgIpc) is 2.11. The fourth-order valence-corrected chi connectivity index (χ4v) is 1.51. The van der Waals surface area contributed by atoms with E-state index >= 15 is 0 Å². The van der Waals surface area contributed by atoms with E-state index < -0.39 is 5.38 Å². The van der Waals surface area contributed by atoms with Gasteiger partial charge in [0.1, 0.15) is 5.38 Å². The average molecular weight is 259 g/mol. The minimum atomic E-state index is -0.430. The van der Waals surface area contributed by atoms with Crippen LogP contribution in [-0.2, 0) is 6.42 Å². The van der Waals surface area contributed by atoms with Crippen LogP contribution in [0, 0.1) is 18.3 Å². The molecule has 1 unspecified atom stereocenters. The lowest BCUT2D eigenvalue weighted by atomic mass is 10.1. The molecule has 13 heavy (non-hydrogen) atoms. The molecule has 0 amide bonds. The number of benzene rings is 1. The van der Waals surface area contributed by atoms with Gasteiger partial charge >= 0.3 is 0 Å². The summed E-state index contributed by atoms with van der Waals surface area (Å²) in [5, 5.41) is 8.10. The first kappa shape index (κ1) is 10.6. The molecule has 0 fully saturated rings. The first-order valence-electron chi connectivity index (χ1n) is 3.92. The molecule has 1 atom stereocenters. The zero-order valence-corrected chi connectivity index (χ0v) is 9.56. The Morgan fingerprint density at radius 1 is 1.62 bits per heavy atom. The molecule has 1 aromatic carbocycles. The number of nitriles is 1. The fourth-order valence-electron chi connectivity index (χ4n) is 1.09. The van der Waals surface area contributed by atoms with Gasteiger partial charge in [0.05, 0.1) is 6.07 Å². The molecule has 0 saturated heterocycles. The van der Waals surface area contributed by atoms with E-state index in [0.29, 0.717) is 6.42 Å². The lowest BCUT2D eigenvalue weighted by Crippen LogP contribution is -1.99. The number of hydrogen-bond donors (Lipinski definition) is 0. The van der Waals surface area contributed by atoms with E-state index in [2.05, 4.69) is 15.9 Å². The van der Waals surface area contributed by atoms with Gasteiger partial charge in [0, 0.05) is 10.9 Å². The Bertz CT molecular complexity index is 343. The van der Waals surface area contributed by atoms with Gasteiger partial charge in [-0.25, -0.2) is 0 Å². The van der Waals surface area contributed by atoms with Crippen LogP contribution in [0.2, 0.25) is 0 Å². The predicted octanol–water partition coefficient (Wildman–Crippen LogP) is 3.43. The highest BCUT2D eigenvalue weighted by atomic mass is 79.9. The largest absolute Gasteiger partial charge is 0.197 e. The molecule has 1 aromatic rings. The van der Waals surface area contributed by atoms with Crippen LogP contribution in [0.25, 0.3) is 0 Å².